The Morgan fingerprint density at radius 3 is 2.21 bits per heavy atom. The van der Waals surface area contributed by atoms with Crippen molar-refractivity contribution in [1.82, 2.24) is 0 Å². The zero-order chi connectivity index (χ0) is 24.1. The van der Waals surface area contributed by atoms with E-state index in [9.17, 15) is 13.2 Å². The molecule has 6 nitrogen and oxygen atoms in total. The van der Waals surface area contributed by atoms with Gasteiger partial charge in [-0.05, 0) is 61.5 Å². The van der Waals surface area contributed by atoms with E-state index in [1.165, 1.54) is 30.3 Å². The molecule has 2 N–H and O–H groups in total. The summed E-state index contributed by atoms with van der Waals surface area (Å²) in [6.45, 7) is 1.87. The zero-order valence-corrected chi connectivity index (χ0v) is 19.7. The summed E-state index contributed by atoms with van der Waals surface area (Å²) >= 11 is 6.30. The number of halogens is 1. The number of sulfonamides is 1. The van der Waals surface area contributed by atoms with E-state index in [-0.39, 0.29) is 21.2 Å². The van der Waals surface area contributed by atoms with E-state index in [1.807, 2.05) is 37.3 Å². The Morgan fingerprint density at radius 2 is 1.50 bits per heavy atom. The van der Waals surface area contributed by atoms with Crippen LogP contribution < -0.4 is 14.8 Å². The van der Waals surface area contributed by atoms with Crippen LogP contribution in [0.4, 0.5) is 11.4 Å². The monoisotopic (exact) mass is 492 g/mol. The fraction of sp³-hybridized carbons (Fsp3) is 0.0385. The van der Waals surface area contributed by atoms with Crippen molar-refractivity contribution in [2.45, 2.75) is 11.8 Å². The van der Waals surface area contributed by atoms with E-state index >= 15 is 0 Å². The first-order valence-corrected chi connectivity index (χ1v) is 12.2. The highest BCUT2D eigenvalue weighted by Crippen LogP contribution is 2.30. The molecule has 4 rings (SSSR count). The first-order valence-electron chi connectivity index (χ1n) is 10.3. The maximum Gasteiger partial charge on any atom is 0.261 e. The number of amides is 1. The number of hydrogen-bond acceptors (Lipinski definition) is 4. The molecule has 0 atom stereocenters. The molecule has 0 unspecified atom stereocenters. The molecule has 0 heterocycles. The summed E-state index contributed by atoms with van der Waals surface area (Å²) in [6, 6.07) is 27.1. The summed E-state index contributed by atoms with van der Waals surface area (Å²) in [5.41, 5.74) is 1.86. The van der Waals surface area contributed by atoms with E-state index in [1.54, 1.807) is 36.4 Å². The molecule has 0 saturated heterocycles. The van der Waals surface area contributed by atoms with E-state index in [0.29, 0.717) is 17.2 Å². The minimum Gasteiger partial charge on any atom is -0.455 e. The Labute approximate surface area is 203 Å². The maximum absolute atomic E-state index is 12.9. The summed E-state index contributed by atoms with van der Waals surface area (Å²) in [5.74, 6) is 0.701. The molecule has 0 aliphatic heterocycles. The number of ether oxygens (including phenoxy) is 1. The van der Waals surface area contributed by atoms with Crippen LogP contribution in [0.5, 0.6) is 11.5 Å². The summed E-state index contributed by atoms with van der Waals surface area (Å²) < 4.78 is 33.6. The molecule has 0 spiro atoms. The van der Waals surface area contributed by atoms with Crippen LogP contribution in [0.2, 0.25) is 5.02 Å². The largest absolute Gasteiger partial charge is 0.455 e. The molecule has 8 heteroatoms. The molecule has 4 aromatic carbocycles. The average Bonchev–Trinajstić information content (AvgIpc) is 2.82. The fourth-order valence-corrected chi connectivity index (χ4v) is 4.49. The molecule has 0 bridgehead atoms. The lowest BCUT2D eigenvalue weighted by atomic mass is 10.2. The first kappa shape index (κ1) is 23.4. The molecule has 0 radical (unpaired) electrons. The van der Waals surface area contributed by atoms with Crippen molar-refractivity contribution < 1.29 is 17.9 Å². The van der Waals surface area contributed by atoms with Gasteiger partial charge in [0.25, 0.3) is 15.9 Å². The number of hydrogen-bond donors (Lipinski definition) is 2. The lowest BCUT2D eigenvalue weighted by Gasteiger charge is -2.13. The predicted molar refractivity (Wildman–Crippen MR) is 134 cm³/mol. The molecule has 172 valence electrons. The summed E-state index contributed by atoms with van der Waals surface area (Å²) in [7, 11) is -3.82. The van der Waals surface area contributed by atoms with Crippen LogP contribution in [0.25, 0.3) is 0 Å². The lowest BCUT2D eigenvalue weighted by molar-refractivity contribution is 0.102. The maximum atomic E-state index is 12.9. The third-order valence-corrected chi connectivity index (χ3v) is 6.61. The zero-order valence-electron chi connectivity index (χ0n) is 18.2. The van der Waals surface area contributed by atoms with Crippen molar-refractivity contribution in [1.29, 1.82) is 0 Å². The predicted octanol–water partition coefficient (Wildman–Crippen LogP) is 6.49. The van der Waals surface area contributed by atoms with Crippen molar-refractivity contribution in [2.24, 2.45) is 0 Å². The minimum absolute atomic E-state index is 0.0946. The fourth-order valence-electron chi connectivity index (χ4n) is 3.13. The molecular formula is C26H21ClN2O4S. The molecule has 0 saturated carbocycles. The lowest BCUT2D eigenvalue weighted by Crippen LogP contribution is -2.15. The van der Waals surface area contributed by atoms with Crippen molar-refractivity contribution in [3.63, 3.8) is 0 Å². The van der Waals surface area contributed by atoms with Crippen LogP contribution >= 0.6 is 11.6 Å². The van der Waals surface area contributed by atoms with Gasteiger partial charge in [-0.25, -0.2) is 8.42 Å². The molecule has 1 amide bonds. The van der Waals surface area contributed by atoms with Gasteiger partial charge in [0.15, 0.2) is 5.75 Å². The summed E-state index contributed by atoms with van der Waals surface area (Å²) in [4.78, 5) is 13.0. The van der Waals surface area contributed by atoms with E-state index in [0.717, 1.165) is 5.56 Å². The highest BCUT2D eigenvalue weighted by molar-refractivity contribution is 7.92. The van der Waals surface area contributed by atoms with Gasteiger partial charge >= 0.3 is 0 Å². The molecule has 0 fully saturated rings. The third-order valence-electron chi connectivity index (χ3n) is 4.91. The number of rotatable bonds is 7. The number of aryl methyl sites for hydroxylation is 1. The van der Waals surface area contributed by atoms with Crippen molar-refractivity contribution in [3.8, 4) is 11.5 Å². The van der Waals surface area contributed by atoms with Gasteiger partial charge in [0.2, 0.25) is 0 Å². The highest BCUT2D eigenvalue weighted by Gasteiger charge is 2.17. The van der Waals surface area contributed by atoms with Gasteiger partial charge < -0.3 is 10.1 Å². The molecule has 0 aliphatic carbocycles. The van der Waals surface area contributed by atoms with Crippen LogP contribution in [0.15, 0.2) is 102 Å². The average molecular weight is 493 g/mol. The Hall–Kier alpha value is -3.81. The Kier molecular flexibility index (Phi) is 6.86. The number of para-hydroxylation sites is 3. The van der Waals surface area contributed by atoms with E-state index in [4.69, 9.17) is 16.3 Å². The summed E-state index contributed by atoms with van der Waals surface area (Å²) in [6.07, 6.45) is 0. The second-order valence-corrected chi connectivity index (χ2v) is 9.57. The first-order chi connectivity index (χ1) is 16.3. The van der Waals surface area contributed by atoms with Crippen LogP contribution in [0, 0.1) is 6.92 Å². The molecule has 0 aliphatic rings. The Bertz CT molecular complexity index is 1420. The van der Waals surface area contributed by atoms with Gasteiger partial charge in [0.1, 0.15) is 5.75 Å². The van der Waals surface area contributed by atoms with Gasteiger partial charge in [0, 0.05) is 5.56 Å². The number of benzene rings is 4. The Balaban J connectivity index is 1.50. The summed E-state index contributed by atoms with van der Waals surface area (Å²) in [5, 5.41) is 2.91. The molecule has 34 heavy (non-hydrogen) atoms. The topological polar surface area (TPSA) is 84.5 Å². The number of nitrogens with one attached hydrogen (secondary N) is 2. The standard InChI is InChI=1S/C26H21ClN2O4S/c1-18-11-14-21(15-12-18)34(31,32)29-23-16-13-19(17-22(23)27)26(30)28-24-9-5-6-10-25(24)33-20-7-3-2-4-8-20/h2-17,29H,1H3,(H,28,30). The van der Waals surface area contributed by atoms with Crippen LogP contribution in [0.1, 0.15) is 15.9 Å². The Morgan fingerprint density at radius 1 is 0.824 bits per heavy atom. The van der Waals surface area contributed by atoms with Gasteiger partial charge in [-0.3, -0.25) is 9.52 Å². The smallest absolute Gasteiger partial charge is 0.261 e. The second-order valence-electron chi connectivity index (χ2n) is 7.48. The molecule has 4 aromatic rings. The second kappa shape index (κ2) is 9.99. The van der Waals surface area contributed by atoms with Crippen molar-refractivity contribution >= 4 is 38.9 Å². The van der Waals surface area contributed by atoms with Crippen molar-refractivity contribution in [2.75, 3.05) is 10.0 Å². The SMILES string of the molecule is Cc1ccc(S(=O)(=O)Nc2ccc(C(=O)Nc3ccccc3Oc3ccccc3)cc2Cl)cc1. The number of anilines is 2. The van der Waals surface area contributed by atoms with Crippen LogP contribution in [-0.2, 0) is 10.0 Å². The van der Waals surface area contributed by atoms with Gasteiger partial charge in [-0.2, -0.15) is 0 Å². The van der Waals surface area contributed by atoms with E-state index < -0.39 is 15.9 Å². The molecular weight excluding hydrogens is 472 g/mol. The van der Waals surface area contributed by atoms with Gasteiger partial charge in [0.05, 0.1) is 21.3 Å². The number of carbonyl (C=O) groups is 1. The minimum atomic E-state index is -3.82. The van der Waals surface area contributed by atoms with Crippen LogP contribution in [0.3, 0.4) is 0 Å². The van der Waals surface area contributed by atoms with Crippen LogP contribution in [-0.4, -0.2) is 14.3 Å². The highest BCUT2D eigenvalue weighted by atomic mass is 35.5. The quantitative estimate of drug-likeness (QED) is 0.308. The van der Waals surface area contributed by atoms with E-state index in [2.05, 4.69) is 10.0 Å². The normalized spacial score (nSPS) is 11.0. The van der Waals surface area contributed by atoms with Gasteiger partial charge in [-0.1, -0.05) is 59.6 Å². The van der Waals surface area contributed by atoms with Crippen molar-refractivity contribution in [3.05, 3.63) is 113 Å². The third kappa shape index (κ3) is 5.57. The molecule has 0 aromatic heterocycles. The van der Waals surface area contributed by atoms with Gasteiger partial charge in [-0.15, -0.1) is 0 Å². The number of carbonyl (C=O) groups excluding carboxylic acids is 1.